The lowest BCUT2D eigenvalue weighted by Gasteiger charge is -2.21. The monoisotopic (exact) mass is 498 g/mol. The van der Waals surface area contributed by atoms with Gasteiger partial charge in [0.2, 0.25) is 11.8 Å². The molecule has 0 aliphatic rings. The van der Waals surface area contributed by atoms with Crippen molar-refractivity contribution >= 4 is 29.7 Å². The van der Waals surface area contributed by atoms with Crippen LogP contribution in [-0.4, -0.2) is 110 Å². The zero-order chi connectivity index (χ0) is 26.5. The van der Waals surface area contributed by atoms with Crippen LogP contribution in [0.2, 0.25) is 0 Å². The summed E-state index contributed by atoms with van der Waals surface area (Å²) in [5, 5.41) is 8.57. The van der Waals surface area contributed by atoms with Gasteiger partial charge in [-0.05, 0) is 12.2 Å². The van der Waals surface area contributed by atoms with E-state index in [4.69, 9.17) is 24.1 Å². The summed E-state index contributed by atoms with van der Waals surface area (Å²) in [5.74, 6) is -2.82. The minimum Gasteiger partial charge on any atom is -0.481 e. The molecule has 0 bridgehead atoms. The number of hydrogen-bond donors (Lipinski definition) is 1. The molecule has 0 radical (unpaired) electrons. The number of carbonyl (C=O) groups is 5. The van der Waals surface area contributed by atoms with Gasteiger partial charge in [0.15, 0.2) is 0 Å². The minimum absolute atomic E-state index is 0.00338. The fourth-order valence-corrected chi connectivity index (χ4v) is 2.45. The van der Waals surface area contributed by atoms with Crippen LogP contribution in [0.4, 0.5) is 0 Å². The molecule has 0 aromatic carbocycles. The van der Waals surface area contributed by atoms with Gasteiger partial charge in [-0.15, -0.1) is 0 Å². The second kappa shape index (κ2) is 19.9. The maximum Gasteiger partial charge on any atom is 0.330 e. The Morgan fingerprint density at radius 3 is 1.54 bits per heavy atom. The number of aliphatic carboxylic acids is 1. The summed E-state index contributed by atoms with van der Waals surface area (Å²) in [6.07, 6.45) is 3.12. The first kappa shape index (κ1) is 31.5. The summed E-state index contributed by atoms with van der Waals surface area (Å²) in [6.45, 7) is 11.1. The molecule has 0 atom stereocenters. The zero-order valence-corrected chi connectivity index (χ0v) is 19.9. The molecule has 0 aliphatic heterocycles. The topological polar surface area (TPSA) is 149 Å². The number of nitrogens with zero attached hydrogens (tertiary/aromatic N) is 2. The summed E-state index contributed by atoms with van der Waals surface area (Å²) in [6, 6.07) is 0. The van der Waals surface area contributed by atoms with Gasteiger partial charge < -0.3 is 33.9 Å². The molecule has 0 unspecified atom stereocenters. The lowest BCUT2D eigenvalue weighted by Crippen LogP contribution is -2.36. The maximum atomic E-state index is 11.9. The van der Waals surface area contributed by atoms with E-state index >= 15 is 0 Å². The van der Waals surface area contributed by atoms with Gasteiger partial charge >= 0.3 is 17.9 Å². The molecule has 0 heterocycles. The molecule has 12 heteroatoms. The van der Waals surface area contributed by atoms with E-state index in [1.54, 1.807) is 0 Å². The van der Waals surface area contributed by atoms with Crippen LogP contribution in [0.15, 0.2) is 38.0 Å². The molecule has 0 spiro atoms. The third-order valence-corrected chi connectivity index (χ3v) is 4.29. The van der Waals surface area contributed by atoms with Crippen molar-refractivity contribution in [1.82, 2.24) is 9.80 Å². The van der Waals surface area contributed by atoms with Crippen molar-refractivity contribution < 1.29 is 48.0 Å². The Labute approximate surface area is 204 Å². The van der Waals surface area contributed by atoms with E-state index < -0.39 is 17.9 Å². The van der Waals surface area contributed by atoms with E-state index in [-0.39, 0.29) is 90.5 Å². The minimum atomic E-state index is -0.978. The normalized spacial score (nSPS) is 10.1. The summed E-state index contributed by atoms with van der Waals surface area (Å²) in [5.41, 5.74) is 0. The number of esters is 2. The molecule has 0 rings (SSSR count). The summed E-state index contributed by atoms with van der Waals surface area (Å²) in [7, 11) is 0. The molecule has 0 aromatic heterocycles. The zero-order valence-electron chi connectivity index (χ0n) is 19.9. The van der Waals surface area contributed by atoms with E-state index in [1.165, 1.54) is 9.80 Å². The number of amides is 2. The van der Waals surface area contributed by atoms with Crippen LogP contribution in [0.1, 0.15) is 12.8 Å². The first-order valence-corrected chi connectivity index (χ1v) is 10.9. The standard InChI is InChI=1S/C23H34N2O10/c1-4-19(26)24(11-17-34-22(30)6-3)10-16-33-14-8-23(31)35-18-12-25(20(27)5-2)9-15-32-13-7-21(28)29/h4-6H,1-3,7-18H2,(H,28,29). The predicted molar refractivity (Wildman–Crippen MR) is 124 cm³/mol. The van der Waals surface area contributed by atoms with Crippen molar-refractivity contribution in [3.8, 4) is 0 Å². The molecular formula is C23H34N2O10. The van der Waals surface area contributed by atoms with E-state index in [2.05, 4.69) is 19.7 Å². The third-order valence-electron chi connectivity index (χ3n) is 4.29. The lowest BCUT2D eigenvalue weighted by molar-refractivity contribution is -0.146. The van der Waals surface area contributed by atoms with E-state index in [1.807, 2.05) is 0 Å². The maximum absolute atomic E-state index is 11.9. The van der Waals surface area contributed by atoms with Gasteiger partial charge in [0, 0.05) is 19.2 Å². The number of carboxylic acids is 1. The van der Waals surface area contributed by atoms with Gasteiger partial charge in [-0.1, -0.05) is 19.7 Å². The second-order valence-electron chi connectivity index (χ2n) is 6.77. The largest absolute Gasteiger partial charge is 0.481 e. The summed E-state index contributed by atoms with van der Waals surface area (Å²) < 4.78 is 20.5. The SMILES string of the molecule is C=CC(=O)OCCN(CCOCCC(=O)OCCN(CCOCCC(=O)O)C(=O)C=C)C(=O)C=C. The lowest BCUT2D eigenvalue weighted by atomic mass is 10.4. The highest BCUT2D eigenvalue weighted by Crippen LogP contribution is 1.97. The van der Waals surface area contributed by atoms with Gasteiger partial charge in [0.1, 0.15) is 13.2 Å². The fraction of sp³-hybridized carbons (Fsp3) is 0.522. The molecule has 0 aromatic rings. The Morgan fingerprint density at radius 2 is 1.09 bits per heavy atom. The second-order valence-corrected chi connectivity index (χ2v) is 6.77. The Bertz CT molecular complexity index is 738. The Morgan fingerprint density at radius 1 is 0.629 bits per heavy atom. The van der Waals surface area contributed by atoms with Crippen LogP contribution >= 0.6 is 0 Å². The number of carboxylic acid groups (broad SMARTS) is 1. The van der Waals surface area contributed by atoms with Crippen LogP contribution in [-0.2, 0) is 42.9 Å². The van der Waals surface area contributed by atoms with Crippen molar-refractivity contribution in [2.75, 3.05) is 65.8 Å². The highest BCUT2D eigenvalue weighted by Gasteiger charge is 2.13. The predicted octanol–water partition coefficient (Wildman–Crippen LogP) is 0.186. The molecule has 0 saturated carbocycles. The fourth-order valence-electron chi connectivity index (χ4n) is 2.45. The van der Waals surface area contributed by atoms with Crippen molar-refractivity contribution in [2.45, 2.75) is 12.8 Å². The van der Waals surface area contributed by atoms with Gasteiger partial charge in [-0.25, -0.2) is 4.79 Å². The van der Waals surface area contributed by atoms with Crippen LogP contribution in [0.25, 0.3) is 0 Å². The molecule has 0 saturated heterocycles. The molecule has 12 nitrogen and oxygen atoms in total. The molecule has 196 valence electrons. The van der Waals surface area contributed by atoms with E-state index in [0.29, 0.717) is 0 Å². The molecule has 2 amide bonds. The van der Waals surface area contributed by atoms with Crippen molar-refractivity contribution in [2.24, 2.45) is 0 Å². The van der Waals surface area contributed by atoms with Gasteiger partial charge in [-0.3, -0.25) is 19.2 Å². The Kier molecular flexibility index (Phi) is 17.9. The number of ether oxygens (including phenoxy) is 4. The summed E-state index contributed by atoms with van der Waals surface area (Å²) in [4.78, 5) is 59.9. The Balaban J connectivity index is 4.15. The van der Waals surface area contributed by atoms with Crippen LogP contribution in [0.5, 0.6) is 0 Å². The molecule has 0 aliphatic carbocycles. The van der Waals surface area contributed by atoms with Crippen LogP contribution in [0.3, 0.4) is 0 Å². The quantitative estimate of drug-likeness (QED) is 0.132. The number of hydrogen-bond acceptors (Lipinski definition) is 9. The van der Waals surface area contributed by atoms with Gasteiger partial charge in [-0.2, -0.15) is 0 Å². The van der Waals surface area contributed by atoms with Crippen LogP contribution < -0.4 is 0 Å². The van der Waals surface area contributed by atoms with Crippen LogP contribution in [0, 0.1) is 0 Å². The molecule has 35 heavy (non-hydrogen) atoms. The molecule has 1 N–H and O–H groups in total. The molecule has 0 fully saturated rings. The van der Waals surface area contributed by atoms with Crippen molar-refractivity contribution in [3.05, 3.63) is 38.0 Å². The average Bonchev–Trinajstić information content (AvgIpc) is 2.84. The first-order valence-electron chi connectivity index (χ1n) is 10.9. The van der Waals surface area contributed by atoms with Crippen molar-refractivity contribution in [1.29, 1.82) is 0 Å². The van der Waals surface area contributed by atoms with Gasteiger partial charge in [0.05, 0.1) is 52.4 Å². The average molecular weight is 499 g/mol. The summed E-state index contributed by atoms with van der Waals surface area (Å²) >= 11 is 0. The van der Waals surface area contributed by atoms with Crippen molar-refractivity contribution in [3.63, 3.8) is 0 Å². The third kappa shape index (κ3) is 16.7. The highest BCUT2D eigenvalue weighted by molar-refractivity contribution is 5.87. The smallest absolute Gasteiger partial charge is 0.330 e. The highest BCUT2D eigenvalue weighted by atomic mass is 16.5. The van der Waals surface area contributed by atoms with Gasteiger partial charge in [0.25, 0.3) is 0 Å². The van der Waals surface area contributed by atoms with E-state index in [9.17, 15) is 24.0 Å². The molecular weight excluding hydrogens is 464 g/mol. The first-order chi connectivity index (χ1) is 16.7. The van der Waals surface area contributed by atoms with E-state index in [0.717, 1.165) is 18.2 Å². The number of rotatable bonds is 21. The number of carbonyl (C=O) groups excluding carboxylic acids is 4. The Hall–Kier alpha value is -3.51.